The highest BCUT2D eigenvalue weighted by Crippen LogP contribution is 2.38. The molecular formula is C16H21N3O3. The predicted molar refractivity (Wildman–Crippen MR) is 81.1 cm³/mol. The highest BCUT2D eigenvalue weighted by molar-refractivity contribution is 6.07. The smallest absolute Gasteiger partial charge is 0.323 e. The van der Waals surface area contributed by atoms with Crippen molar-refractivity contribution in [2.75, 3.05) is 0 Å². The summed E-state index contributed by atoms with van der Waals surface area (Å²) in [5, 5.41) is 2.92. The van der Waals surface area contributed by atoms with Crippen LogP contribution in [0, 0.1) is 5.92 Å². The Morgan fingerprint density at radius 2 is 2.09 bits per heavy atom. The van der Waals surface area contributed by atoms with Crippen molar-refractivity contribution in [1.82, 2.24) is 14.8 Å². The summed E-state index contributed by atoms with van der Waals surface area (Å²) >= 11 is 0. The summed E-state index contributed by atoms with van der Waals surface area (Å²) in [5.74, 6) is -0.00304. The molecule has 2 atom stereocenters. The van der Waals surface area contributed by atoms with Crippen molar-refractivity contribution in [2.24, 2.45) is 13.0 Å². The minimum absolute atomic E-state index is 0.145. The molecule has 118 valence electrons. The molecule has 2 unspecified atom stereocenters. The van der Waals surface area contributed by atoms with Crippen molar-refractivity contribution in [2.45, 2.75) is 44.7 Å². The van der Waals surface area contributed by atoms with Crippen LogP contribution in [0.4, 0.5) is 4.79 Å². The highest BCUT2D eigenvalue weighted by Gasteiger charge is 2.54. The topological polar surface area (TPSA) is 71.4 Å². The number of urea groups is 1. The number of imide groups is 1. The molecule has 1 aromatic rings. The third kappa shape index (κ3) is 2.23. The van der Waals surface area contributed by atoms with E-state index in [0.29, 0.717) is 12.0 Å². The van der Waals surface area contributed by atoms with Gasteiger partial charge < -0.3 is 9.88 Å². The maximum Gasteiger partial charge on any atom is 0.325 e. The van der Waals surface area contributed by atoms with E-state index in [2.05, 4.69) is 5.32 Å². The van der Waals surface area contributed by atoms with Crippen molar-refractivity contribution in [1.29, 1.82) is 0 Å². The second-order valence-electron chi connectivity index (χ2n) is 6.42. The van der Waals surface area contributed by atoms with Crippen LogP contribution in [0.15, 0.2) is 23.1 Å². The van der Waals surface area contributed by atoms with Gasteiger partial charge in [-0.15, -0.1) is 0 Å². The fourth-order valence-corrected chi connectivity index (χ4v) is 3.51. The van der Waals surface area contributed by atoms with Crippen LogP contribution >= 0.6 is 0 Å². The molecule has 2 fully saturated rings. The number of aromatic nitrogens is 1. The second kappa shape index (κ2) is 5.26. The molecule has 1 aliphatic carbocycles. The number of carbonyl (C=O) groups excluding carboxylic acids is 2. The summed E-state index contributed by atoms with van der Waals surface area (Å²) in [6, 6.07) is 2.88. The summed E-state index contributed by atoms with van der Waals surface area (Å²) in [6.45, 7) is 2.17. The SMILES string of the molecule is CC1CCCCC12NC(=O)N(Cc1ccn(C)c(=O)c1)C2=O. The molecule has 1 spiro atoms. The number of nitrogens with one attached hydrogen (secondary N) is 1. The molecule has 22 heavy (non-hydrogen) atoms. The molecule has 6 nitrogen and oxygen atoms in total. The first-order valence-corrected chi connectivity index (χ1v) is 7.74. The number of hydrogen-bond donors (Lipinski definition) is 1. The number of pyridine rings is 1. The zero-order valence-corrected chi connectivity index (χ0v) is 13.0. The van der Waals surface area contributed by atoms with Crippen LogP contribution in [0.3, 0.4) is 0 Å². The Morgan fingerprint density at radius 1 is 1.32 bits per heavy atom. The van der Waals surface area contributed by atoms with E-state index in [4.69, 9.17) is 0 Å². The molecule has 1 N–H and O–H groups in total. The molecule has 1 saturated heterocycles. The fourth-order valence-electron chi connectivity index (χ4n) is 3.51. The third-order valence-corrected chi connectivity index (χ3v) is 5.01. The van der Waals surface area contributed by atoms with Crippen LogP contribution in [-0.4, -0.2) is 26.9 Å². The molecule has 0 radical (unpaired) electrons. The Morgan fingerprint density at radius 3 is 2.77 bits per heavy atom. The summed E-state index contributed by atoms with van der Waals surface area (Å²) in [5.41, 5.74) is -0.216. The van der Waals surface area contributed by atoms with Crippen LogP contribution in [0.1, 0.15) is 38.2 Å². The Balaban J connectivity index is 1.85. The van der Waals surface area contributed by atoms with Gasteiger partial charge in [0.05, 0.1) is 6.54 Å². The molecule has 1 aliphatic heterocycles. The lowest BCUT2D eigenvalue weighted by Crippen LogP contribution is -2.53. The van der Waals surface area contributed by atoms with E-state index >= 15 is 0 Å². The van der Waals surface area contributed by atoms with Crippen LogP contribution in [-0.2, 0) is 18.4 Å². The van der Waals surface area contributed by atoms with E-state index in [0.717, 1.165) is 19.3 Å². The minimum Gasteiger partial charge on any atom is -0.323 e. The largest absolute Gasteiger partial charge is 0.325 e. The van der Waals surface area contributed by atoms with Crippen molar-refractivity contribution in [3.63, 3.8) is 0 Å². The normalized spacial score (nSPS) is 28.3. The molecule has 6 heteroatoms. The summed E-state index contributed by atoms with van der Waals surface area (Å²) in [7, 11) is 1.67. The molecule has 1 aromatic heterocycles. The number of carbonyl (C=O) groups is 2. The first-order chi connectivity index (χ1) is 10.4. The van der Waals surface area contributed by atoms with E-state index in [-0.39, 0.29) is 30.0 Å². The van der Waals surface area contributed by atoms with Gasteiger partial charge in [-0.1, -0.05) is 19.8 Å². The average molecular weight is 303 g/mol. The van der Waals surface area contributed by atoms with Gasteiger partial charge in [-0.3, -0.25) is 14.5 Å². The maximum atomic E-state index is 12.8. The summed E-state index contributed by atoms with van der Waals surface area (Å²) in [4.78, 5) is 38.0. The Bertz CT molecular complexity index is 681. The molecular weight excluding hydrogens is 282 g/mol. The molecule has 1 saturated carbocycles. The van der Waals surface area contributed by atoms with Crippen LogP contribution in [0.5, 0.6) is 0 Å². The van der Waals surface area contributed by atoms with Crippen molar-refractivity contribution < 1.29 is 9.59 Å². The van der Waals surface area contributed by atoms with Crippen molar-refractivity contribution in [3.8, 4) is 0 Å². The van der Waals surface area contributed by atoms with Gasteiger partial charge >= 0.3 is 6.03 Å². The van der Waals surface area contributed by atoms with Crippen molar-refractivity contribution >= 4 is 11.9 Å². The van der Waals surface area contributed by atoms with Gasteiger partial charge in [0.2, 0.25) is 0 Å². The van der Waals surface area contributed by atoms with E-state index < -0.39 is 5.54 Å². The number of hydrogen-bond acceptors (Lipinski definition) is 3. The number of amides is 3. The zero-order chi connectivity index (χ0) is 15.9. The molecule has 2 aliphatic rings. The predicted octanol–water partition coefficient (Wildman–Crippen LogP) is 1.39. The molecule has 0 bridgehead atoms. The lowest BCUT2D eigenvalue weighted by molar-refractivity contribution is -0.134. The Hall–Kier alpha value is -2.11. The second-order valence-corrected chi connectivity index (χ2v) is 6.42. The first kappa shape index (κ1) is 14.8. The van der Waals surface area contributed by atoms with E-state index in [1.54, 1.807) is 19.3 Å². The quantitative estimate of drug-likeness (QED) is 0.839. The van der Waals surface area contributed by atoms with Gasteiger partial charge in [-0.05, 0) is 30.4 Å². The summed E-state index contributed by atoms with van der Waals surface area (Å²) in [6.07, 6.45) is 5.35. The molecule has 2 heterocycles. The fraction of sp³-hybridized carbons (Fsp3) is 0.562. The number of nitrogens with zero attached hydrogens (tertiary/aromatic N) is 2. The monoisotopic (exact) mass is 303 g/mol. The number of rotatable bonds is 2. The van der Waals surface area contributed by atoms with Gasteiger partial charge in [-0.25, -0.2) is 4.79 Å². The van der Waals surface area contributed by atoms with Crippen LogP contribution in [0.2, 0.25) is 0 Å². The molecule has 3 rings (SSSR count). The lowest BCUT2D eigenvalue weighted by Gasteiger charge is -2.36. The van der Waals surface area contributed by atoms with Gasteiger partial charge in [0.15, 0.2) is 0 Å². The molecule has 0 aromatic carbocycles. The third-order valence-electron chi connectivity index (χ3n) is 5.01. The van der Waals surface area contributed by atoms with E-state index in [1.165, 1.54) is 15.5 Å². The summed E-state index contributed by atoms with van der Waals surface area (Å²) < 4.78 is 1.46. The van der Waals surface area contributed by atoms with Crippen molar-refractivity contribution in [3.05, 3.63) is 34.2 Å². The first-order valence-electron chi connectivity index (χ1n) is 7.74. The lowest BCUT2D eigenvalue weighted by atomic mass is 9.73. The minimum atomic E-state index is -0.741. The molecule has 3 amide bonds. The van der Waals surface area contributed by atoms with E-state index in [1.807, 2.05) is 6.92 Å². The van der Waals surface area contributed by atoms with Gasteiger partial charge in [-0.2, -0.15) is 0 Å². The van der Waals surface area contributed by atoms with Gasteiger partial charge in [0.25, 0.3) is 11.5 Å². The average Bonchev–Trinajstić information content (AvgIpc) is 2.71. The van der Waals surface area contributed by atoms with Crippen LogP contribution in [0.25, 0.3) is 0 Å². The Kier molecular flexibility index (Phi) is 3.54. The Labute approximate surface area is 129 Å². The highest BCUT2D eigenvalue weighted by atomic mass is 16.2. The zero-order valence-electron chi connectivity index (χ0n) is 13.0. The number of aryl methyl sites for hydroxylation is 1. The van der Waals surface area contributed by atoms with Crippen LogP contribution < -0.4 is 10.9 Å². The standard InChI is InChI=1S/C16H21N3O3/c1-11-5-3-4-7-16(11)14(21)19(15(22)17-16)10-12-6-8-18(2)13(20)9-12/h6,8-9,11H,3-5,7,10H2,1-2H3,(H,17,22). The van der Waals surface area contributed by atoms with E-state index in [9.17, 15) is 14.4 Å². The van der Waals surface area contributed by atoms with Gasteiger partial charge in [0.1, 0.15) is 5.54 Å². The van der Waals surface area contributed by atoms with Gasteiger partial charge in [0, 0.05) is 19.3 Å². The maximum absolute atomic E-state index is 12.8.